The molecule has 0 bridgehead atoms. The van der Waals surface area contributed by atoms with Crippen molar-refractivity contribution >= 4 is 29.3 Å². The van der Waals surface area contributed by atoms with Crippen LogP contribution in [0.15, 0.2) is 29.3 Å². The van der Waals surface area contributed by atoms with Crippen LogP contribution in [0.25, 0.3) is 0 Å². The Bertz CT molecular complexity index is 649. The molecule has 7 heteroatoms. The highest BCUT2D eigenvalue weighted by Crippen LogP contribution is 2.21. The van der Waals surface area contributed by atoms with Gasteiger partial charge in [-0.3, -0.25) is 9.79 Å². The van der Waals surface area contributed by atoms with Gasteiger partial charge in [0, 0.05) is 70.4 Å². The summed E-state index contributed by atoms with van der Waals surface area (Å²) in [6.45, 7) is 4.97. The van der Waals surface area contributed by atoms with E-state index in [2.05, 4.69) is 49.7 Å². The highest BCUT2D eigenvalue weighted by atomic mass is 32.2. The van der Waals surface area contributed by atoms with Gasteiger partial charge in [-0.1, -0.05) is 12.1 Å². The molecule has 0 aliphatic carbocycles. The number of nitrogens with zero attached hydrogens (tertiary/aromatic N) is 3. The predicted octanol–water partition coefficient (Wildman–Crippen LogP) is 2.16. The van der Waals surface area contributed by atoms with E-state index >= 15 is 0 Å². The third kappa shape index (κ3) is 5.80. The Morgan fingerprint density at radius 2 is 1.82 bits per heavy atom. The Morgan fingerprint density at radius 3 is 2.43 bits per heavy atom. The maximum atomic E-state index is 11.6. The van der Waals surface area contributed by atoms with E-state index in [1.54, 1.807) is 7.05 Å². The second-order valence-corrected chi connectivity index (χ2v) is 8.70. The summed E-state index contributed by atoms with van der Waals surface area (Å²) in [6, 6.07) is 8.90. The van der Waals surface area contributed by atoms with E-state index in [9.17, 15) is 4.79 Å². The van der Waals surface area contributed by atoms with E-state index in [0.29, 0.717) is 12.3 Å². The maximum absolute atomic E-state index is 11.6. The van der Waals surface area contributed by atoms with E-state index in [1.807, 2.05) is 18.8 Å². The standard InChI is InChI=1S/C21H33N5OS/c1-22-20(27)15-17-7-9-26(10-8-17)21(23-2)24-16-18-3-5-19(6-4-18)25-11-13-28-14-12-25/h3-6,17H,7-16H2,1-2H3,(H,22,27)(H,23,24). The van der Waals surface area contributed by atoms with Crippen molar-refractivity contribution in [3.8, 4) is 0 Å². The van der Waals surface area contributed by atoms with Crippen LogP contribution in [0.5, 0.6) is 0 Å². The molecule has 1 aromatic rings. The molecule has 2 saturated heterocycles. The molecule has 2 aliphatic rings. The van der Waals surface area contributed by atoms with E-state index in [0.717, 1.165) is 51.5 Å². The molecular formula is C21H33N5OS. The summed E-state index contributed by atoms with van der Waals surface area (Å²) >= 11 is 2.04. The van der Waals surface area contributed by atoms with Gasteiger partial charge in [0.05, 0.1) is 0 Å². The summed E-state index contributed by atoms with van der Waals surface area (Å²) in [5, 5.41) is 6.23. The first-order valence-corrected chi connectivity index (χ1v) is 11.4. The lowest BCUT2D eigenvalue weighted by Gasteiger charge is -2.34. The number of rotatable bonds is 5. The number of piperidine rings is 1. The zero-order valence-corrected chi connectivity index (χ0v) is 17.9. The van der Waals surface area contributed by atoms with Crippen LogP contribution in [0.3, 0.4) is 0 Å². The van der Waals surface area contributed by atoms with Crippen LogP contribution < -0.4 is 15.5 Å². The zero-order valence-electron chi connectivity index (χ0n) is 17.1. The van der Waals surface area contributed by atoms with Crippen LogP contribution in [-0.2, 0) is 11.3 Å². The zero-order chi connectivity index (χ0) is 19.8. The smallest absolute Gasteiger partial charge is 0.220 e. The fraction of sp³-hybridized carbons (Fsp3) is 0.619. The third-order valence-corrected chi connectivity index (χ3v) is 6.58. The van der Waals surface area contributed by atoms with Gasteiger partial charge in [0.1, 0.15) is 0 Å². The van der Waals surface area contributed by atoms with Crippen LogP contribution in [0.2, 0.25) is 0 Å². The molecule has 2 N–H and O–H groups in total. The second kappa shape index (κ2) is 10.6. The molecule has 2 heterocycles. The number of aliphatic imine (C=N–C) groups is 1. The van der Waals surface area contributed by atoms with Crippen LogP contribution in [0.4, 0.5) is 5.69 Å². The van der Waals surface area contributed by atoms with Crippen molar-refractivity contribution in [1.29, 1.82) is 0 Å². The summed E-state index contributed by atoms with van der Waals surface area (Å²) in [7, 11) is 3.55. The number of likely N-dealkylation sites (tertiary alicyclic amines) is 1. The average Bonchev–Trinajstić information content (AvgIpc) is 2.76. The number of guanidine groups is 1. The molecule has 6 nitrogen and oxygen atoms in total. The topological polar surface area (TPSA) is 60.0 Å². The number of carbonyl (C=O) groups excluding carboxylic acids is 1. The van der Waals surface area contributed by atoms with Gasteiger partial charge >= 0.3 is 0 Å². The van der Waals surface area contributed by atoms with Crippen LogP contribution in [0, 0.1) is 5.92 Å². The molecule has 3 rings (SSSR count). The monoisotopic (exact) mass is 403 g/mol. The van der Waals surface area contributed by atoms with Gasteiger partial charge in [0.25, 0.3) is 0 Å². The largest absolute Gasteiger partial charge is 0.370 e. The van der Waals surface area contributed by atoms with Crippen molar-refractivity contribution in [2.75, 3.05) is 56.7 Å². The van der Waals surface area contributed by atoms with E-state index in [4.69, 9.17) is 0 Å². The lowest BCUT2D eigenvalue weighted by molar-refractivity contribution is -0.121. The first-order valence-electron chi connectivity index (χ1n) is 10.3. The molecule has 2 fully saturated rings. The minimum Gasteiger partial charge on any atom is -0.370 e. The number of carbonyl (C=O) groups is 1. The number of thioether (sulfide) groups is 1. The summed E-state index contributed by atoms with van der Waals surface area (Å²) in [5.41, 5.74) is 2.59. The highest BCUT2D eigenvalue weighted by molar-refractivity contribution is 7.99. The highest BCUT2D eigenvalue weighted by Gasteiger charge is 2.23. The van der Waals surface area contributed by atoms with Crippen molar-refractivity contribution in [3.05, 3.63) is 29.8 Å². The number of nitrogens with one attached hydrogen (secondary N) is 2. The van der Waals surface area contributed by atoms with E-state index < -0.39 is 0 Å². The van der Waals surface area contributed by atoms with Gasteiger partial charge in [-0.05, 0) is 36.5 Å². The Labute approximate surface area is 173 Å². The first-order chi connectivity index (χ1) is 13.7. The molecule has 0 atom stereocenters. The second-order valence-electron chi connectivity index (χ2n) is 7.47. The lowest BCUT2D eigenvalue weighted by Crippen LogP contribution is -2.45. The average molecular weight is 404 g/mol. The molecule has 154 valence electrons. The van der Waals surface area contributed by atoms with Crippen LogP contribution >= 0.6 is 11.8 Å². The van der Waals surface area contributed by atoms with Gasteiger partial charge in [-0.15, -0.1) is 0 Å². The number of hydrogen-bond acceptors (Lipinski definition) is 4. The molecule has 0 saturated carbocycles. The van der Waals surface area contributed by atoms with Crippen molar-refractivity contribution in [1.82, 2.24) is 15.5 Å². The number of benzene rings is 1. The molecule has 28 heavy (non-hydrogen) atoms. The Kier molecular flexibility index (Phi) is 7.89. The third-order valence-electron chi connectivity index (χ3n) is 5.64. The van der Waals surface area contributed by atoms with E-state index in [1.165, 1.54) is 22.8 Å². The number of hydrogen-bond donors (Lipinski definition) is 2. The normalized spacial score (nSPS) is 18.9. The van der Waals surface area contributed by atoms with Crippen molar-refractivity contribution in [2.24, 2.45) is 10.9 Å². The van der Waals surface area contributed by atoms with E-state index in [-0.39, 0.29) is 5.91 Å². The van der Waals surface area contributed by atoms with Gasteiger partial charge in [-0.25, -0.2) is 0 Å². The molecule has 0 unspecified atom stereocenters. The predicted molar refractivity (Wildman–Crippen MR) is 119 cm³/mol. The summed E-state index contributed by atoms with van der Waals surface area (Å²) < 4.78 is 0. The first kappa shape index (κ1) is 20.8. The fourth-order valence-corrected chi connectivity index (χ4v) is 4.78. The Balaban J connectivity index is 1.46. The van der Waals surface area contributed by atoms with Crippen LogP contribution in [0.1, 0.15) is 24.8 Å². The SMILES string of the molecule is CN=C(NCc1ccc(N2CCSCC2)cc1)N1CCC(CC(=O)NC)CC1. The van der Waals surface area contributed by atoms with Gasteiger partial charge < -0.3 is 20.4 Å². The lowest BCUT2D eigenvalue weighted by atomic mass is 9.93. The van der Waals surface area contributed by atoms with Crippen molar-refractivity contribution in [2.45, 2.75) is 25.8 Å². The van der Waals surface area contributed by atoms with Crippen molar-refractivity contribution in [3.63, 3.8) is 0 Å². The molecule has 2 aliphatic heterocycles. The maximum Gasteiger partial charge on any atom is 0.220 e. The summed E-state index contributed by atoms with van der Waals surface area (Å²) in [6.07, 6.45) is 2.71. The Hall–Kier alpha value is -1.89. The molecule has 0 radical (unpaired) electrons. The van der Waals surface area contributed by atoms with Crippen molar-refractivity contribution < 1.29 is 4.79 Å². The molecule has 1 amide bonds. The van der Waals surface area contributed by atoms with Gasteiger partial charge in [-0.2, -0.15) is 11.8 Å². The minimum atomic E-state index is 0.146. The molecule has 0 spiro atoms. The number of anilines is 1. The Morgan fingerprint density at radius 1 is 1.14 bits per heavy atom. The fourth-order valence-electron chi connectivity index (χ4n) is 3.87. The summed E-state index contributed by atoms with van der Waals surface area (Å²) in [4.78, 5) is 20.8. The summed E-state index contributed by atoms with van der Waals surface area (Å²) in [5.74, 6) is 4.03. The molecule has 1 aromatic carbocycles. The number of amides is 1. The molecular weight excluding hydrogens is 370 g/mol. The van der Waals surface area contributed by atoms with Crippen LogP contribution in [-0.4, -0.2) is 68.5 Å². The van der Waals surface area contributed by atoms with Gasteiger partial charge in [0.15, 0.2) is 5.96 Å². The quantitative estimate of drug-likeness (QED) is 0.583. The minimum absolute atomic E-state index is 0.146. The van der Waals surface area contributed by atoms with Gasteiger partial charge in [0.2, 0.25) is 5.91 Å². The molecule has 0 aromatic heterocycles.